The highest BCUT2D eigenvalue weighted by Gasteiger charge is 2.45. The SMILES string of the molecule is Cc1c([C@@H](NC(=O)Nc2cc(F)cc(N[C@@H]3CCS(=O)(=O)C3)c2)C(F)(F)F)oc2c(F)cc(F)cc12. The molecular formula is C22H19F6N3O4S. The number of carbonyl (C=O) groups is 1. The van der Waals surface area contributed by atoms with Gasteiger partial charge in [0.05, 0.1) is 11.5 Å². The molecular weight excluding hydrogens is 516 g/mol. The van der Waals surface area contributed by atoms with Crippen LogP contribution in [0.2, 0.25) is 0 Å². The molecule has 36 heavy (non-hydrogen) atoms. The quantitative estimate of drug-likeness (QED) is 0.391. The molecule has 3 aromatic rings. The van der Waals surface area contributed by atoms with E-state index in [1.54, 1.807) is 5.32 Å². The van der Waals surface area contributed by atoms with Crippen molar-refractivity contribution in [2.75, 3.05) is 22.1 Å². The van der Waals surface area contributed by atoms with Crippen LogP contribution in [0.25, 0.3) is 11.0 Å². The molecule has 2 amide bonds. The van der Waals surface area contributed by atoms with E-state index >= 15 is 0 Å². The maximum atomic E-state index is 14.1. The average molecular weight is 535 g/mol. The fraction of sp³-hybridized carbons (Fsp3) is 0.318. The predicted molar refractivity (Wildman–Crippen MR) is 119 cm³/mol. The Bertz CT molecular complexity index is 1440. The van der Waals surface area contributed by atoms with Crippen LogP contribution in [0, 0.1) is 24.4 Å². The number of fused-ring (bicyclic) bond motifs is 1. The first-order valence-electron chi connectivity index (χ1n) is 10.5. The number of rotatable bonds is 5. The molecule has 2 atom stereocenters. The Morgan fingerprint density at radius 2 is 1.72 bits per heavy atom. The minimum Gasteiger partial charge on any atom is -0.455 e. The van der Waals surface area contributed by atoms with Crippen LogP contribution in [0.1, 0.15) is 23.8 Å². The lowest BCUT2D eigenvalue weighted by Gasteiger charge is -2.21. The molecule has 1 aliphatic heterocycles. The van der Waals surface area contributed by atoms with Crippen molar-refractivity contribution < 1.29 is 44.0 Å². The minimum atomic E-state index is -5.09. The third kappa shape index (κ3) is 5.53. The Hall–Kier alpha value is -3.42. The van der Waals surface area contributed by atoms with E-state index in [2.05, 4.69) is 10.6 Å². The van der Waals surface area contributed by atoms with Gasteiger partial charge in [0.2, 0.25) is 0 Å². The molecule has 1 fully saturated rings. The van der Waals surface area contributed by atoms with Crippen LogP contribution in [-0.2, 0) is 9.84 Å². The number of anilines is 2. The largest absolute Gasteiger partial charge is 0.455 e. The molecule has 7 nitrogen and oxygen atoms in total. The van der Waals surface area contributed by atoms with Gasteiger partial charge >= 0.3 is 12.2 Å². The van der Waals surface area contributed by atoms with Gasteiger partial charge in [-0.25, -0.2) is 26.4 Å². The number of carbonyl (C=O) groups excluding carboxylic acids is 1. The lowest BCUT2D eigenvalue weighted by molar-refractivity contribution is -0.158. The summed E-state index contributed by atoms with van der Waals surface area (Å²) in [5.41, 5.74) is -0.929. The molecule has 1 aromatic heterocycles. The van der Waals surface area contributed by atoms with Crippen molar-refractivity contribution in [3.63, 3.8) is 0 Å². The second kappa shape index (κ2) is 9.22. The Morgan fingerprint density at radius 3 is 2.36 bits per heavy atom. The van der Waals surface area contributed by atoms with Crippen LogP contribution < -0.4 is 16.0 Å². The van der Waals surface area contributed by atoms with E-state index in [4.69, 9.17) is 4.42 Å². The molecule has 3 N–H and O–H groups in total. The van der Waals surface area contributed by atoms with Crippen molar-refractivity contribution in [1.82, 2.24) is 5.32 Å². The summed E-state index contributed by atoms with van der Waals surface area (Å²) in [6.07, 6.45) is -4.80. The summed E-state index contributed by atoms with van der Waals surface area (Å²) < 4.78 is 111. The second-order valence-corrected chi connectivity index (χ2v) is 10.6. The molecule has 2 aromatic carbocycles. The van der Waals surface area contributed by atoms with Crippen molar-refractivity contribution in [3.8, 4) is 0 Å². The molecule has 0 aliphatic carbocycles. The number of amides is 2. The smallest absolute Gasteiger partial charge is 0.416 e. The van der Waals surface area contributed by atoms with Crippen LogP contribution >= 0.6 is 0 Å². The number of hydrogen-bond acceptors (Lipinski definition) is 5. The highest BCUT2D eigenvalue weighted by Crippen LogP contribution is 2.39. The van der Waals surface area contributed by atoms with Crippen molar-refractivity contribution in [1.29, 1.82) is 0 Å². The number of furan rings is 1. The normalized spacial score (nSPS) is 18.2. The summed E-state index contributed by atoms with van der Waals surface area (Å²) in [5.74, 6) is -4.11. The Labute approximate surface area is 200 Å². The molecule has 0 bridgehead atoms. The van der Waals surface area contributed by atoms with E-state index in [-0.39, 0.29) is 40.3 Å². The van der Waals surface area contributed by atoms with Crippen LogP contribution in [-0.4, -0.2) is 38.2 Å². The van der Waals surface area contributed by atoms with Crippen molar-refractivity contribution >= 4 is 38.2 Å². The lowest BCUT2D eigenvalue weighted by atomic mass is 10.1. The van der Waals surface area contributed by atoms with Gasteiger partial charge in [0, 0.05) is 34.4 Å². The molecule has 0 radical (unpaired) electrons. The number of nitrogens with one attached hydrogen (secondary N) is 3. The maximum absolute atomic E-state index is 14.1. The number of aryl methyl sites for hydroxylation is 1. The van der Waals surface area contributed by atoms with Gasteiger partial charge in [-0.05, 0) is 37.6 Å². The molecule has 1 saturated heterocycles. The van der Waals surface area contributed by atoms with Gasteiger partial charge in [0.15, 0.2) is 27.3 Å². The second-order valence-electron chi connectivity index (χ2n) is 8.40. The van der Waals surface area contributed by atoms with Gasteiger partial charge in [-0.2, -0.15) is 13.2 Å². The van der Waals surface area contributed by atoms with Crippen molar-refractivity contribution in [3.05, 3.63) is 59.1 Å². The molecule has 1 aliphatic rings. The van der Waals surface area contributed by atoms with Gasteiger partial charge in [-0.1, -0.05) is 0 Å². The summed E-state index contributed by atoms with van der Waals surface area (Å²) in [4.78, 5) is 12.4. The molecule has 194 valence electrons. The van der Waals surface area contributed by atoms with Crippen LogP contribution in [0.4, 0.5) is 42.5 Å². The Kier molecular flexibility index (Phi) is 6.58. The zero-order chi connectivity index (χ0) is 26.4. The van der Waals surface area contributed by atoms with Gasteiger partial charge in [-0.3, -0.25) is 0 Å². The van der Waals surface area contributed by atoms with Gasteiger partial charge in [-0.15, -0.1) is 0 Å². The van der Waals surface area contributed by atoms with E-state index in [1.807, 2.05) is 0 Å². The van der Waals surface area contributed by atoms with Crippen molar-refractivity contribution in [2.24, 2.45) is 0 Å². The predicted octanol–water partition coefficient (Wildman–Crippen LogP) is 5.18. The summed E-state index contributed by atoms with van der Waals surface area (Å²) in [6.45, 7) is 1.16. The summed E-state index contributed by atoms with van der Waals surface area (Å²) in [7, 11) is -3.22. The standard InChI is InChI=1S/C22H19F6N3O4S/c1-10-16-6-12(24)7-17(25)19(16)35-18(10)20(22(26,27)28)31-21(32)30-15-5-11(23)4-14(8-15)29-13-2-3-36(33,34)9-13/h4-8,13,20,29H,2-3,9H2,1H3,(H2,30,31,32)/t13-,20-/m1/s1. The highest BCUT2D eigenvalue weighted by molar-refractivity contribution is 7.91. The van der Waals surface area contributed by atoms with Gasteiger partial charge in [0.25, 0.3) is 0 Å². The first-order chi connectivity index (χ1) is 16.7. The topological polar surface area (TPSA) is 100 Å². The maximum Gasteiger partial charge on any atom is 0.416 e. The number of alkyl halides is 3. The number of benzene rings is 2. The Balaban J connectivity index is 1.55. The summed E-state index contributed by atoms with van der Waals surface area (Å²) in [6, 6.07) is -0.234. The Morgan fingerprint density at radius 1 is 1.06 bits per heavy atom. The number of hydrogen-bond donors (Lipinski definition) is 3. The number of sulfone groups is 1. The number of urea groups is 1. The lowest BCUT2D eigenvalue weighted by Crippen LogP contribution is -2.40. The molecule has 14 heteroatoms. The van der Waals surface area contributed by atoms with E-state index in [9.17, 15) is 39.6 Å². The minimum absolute atomic E-state index is 0.0376. The van der Waals surface area contributed by atoms with Crippen molar-refractivity contribution in [2.45, 2.75) is 31.6 Å². The third-order valence-electron chi connectivity index (χ3n) is 5.62. The van der Waals surface area contributed by atoms with E-state index in [0.717, 1.165) is 25.1 Å². The van der Waals surface area contributed by atoms with E-state index < -0.39 is 62.9 Å². The molecule has 0 saturated carbocycles. The first kappa shape index (κ1) is 25.7. The van der Waals surface area contributed by atoms with E-state index in [0.29, 0.717) is 6.07 Å². The zero-order valence-corrected chi connectivity index (χ0v) is 19.3. The summed E-state index contributed by atoms with van der Waals surface area (Å²) >= 11 is 0. The molecule has 0 unspecified atom stereocenters. The van der Waals surface area contributed by atoms with Crippen LogP contribution in [0.3, 0.4) is 0 Å². The van der Waals surface area contributed by atoms with Gasteiger partial charge in [0.1, 0.15) is 17.4 Å². The molecule has 4 rings (SSSR count). The number of halogens is 6. The fourth-order valence-corrected chi connectivity index (χ4v) is 5.69. The first-order valence-corrected chi connectivity index (χ1v) is 12.3. The molecule has 2 heterocycles. The highest BCUT2D eigenvalue weighted by atomic mass is 32.2. The van der Waals surface area contributed by atoms with Crippen LogP contribution in [0.5, 0.6) is 0 Å². The fourth-order valence-electron chi connectivity index (χ4n) is 4.02. The van der Waals surface area contributed by atoms with E-state index in [1.165, 1.54) is 6.07 Å². The zero-order valence-electron chi connectivity index (χ0n) is 18.5. The third-order valence-corrected chi connectivity index (χ3v) is 7.39. The van der Waals surface area contributed by atoms with Gasteiger partial charge < -0.3 is 20.4 Å². The monoisotopic (exact) mass is 535 g/mol. The average Bonchev–Trinajstić information content (AvgIpc) is 3.24. The molecule has 0 spiro atoms. The summed E-state index contributed by atoms with van der Waals surface area (Å²) in [5, 5.41) is 6.35. The van der Waals surface area contributed by atoms with Crippen LogP contribution in [0.15, 0.2) is 34.7 Å².